The van der Waals surface area contributed by atoms with Crippen molar-refractivity contribution in [2.75, 3.05) is 6.79 Å². The first-order valence-electron chi connectivity index (χ1n) is 10.6. The van der Waals surface area contributed by atoms with Crippen LogP contribution in [0.2, 0.25) is 0 Å². The van der Waals surface area contributed by atoms with E-state index >= 15 is 0 Å². The molecule has 7 heteroatoms. The fraction of sp³-hybridized carbons (Fsp3) is 0.154. The molecule has 0 unspecified atom stereocenters. The highest BCUT2D eigenvalue weighted by Crippen LogP contribution is 2.33. The summed E-state index contributed by atoms with van der Waals surface area (Å²) in [5.41, 5.74) is 4.17. The average molecular weight is 438 g/mol. The number of hydrogen-bond acceptors (Lipinski definition) is 6. The molecule has 0 N–H and O–H groups in total. The molecule has 0 saturated heterocycles. The van der Waals surface area contributed by atoms with Crippen molar-refractivity contribution in [1.82, 2.24) is 19.9 Å². The number of amides is 1. The van der Waals surface area contributed by atoms with Crippen molar-refractivity contribution in [3.8, 4) is 22.6 Å². The maximum absolute atomic E-state index is 13.7. The van der Waals surface area contributed by atoms with Crippen molar-refractivity contribution >= 4 is 5.91 Å². The van der Waals surface area contributed by atoms with Crippen LogP contribution in [-0.4, -0.2) is 32.6 Å². The Morgan fingerprint density at radius 1 is 0.970 bits per heavy atom. The Hall–Kier alpha value is -4.26. The largest absolute Gasteiger partial charge is 0.454 e. The lowest BCUT2D eigenvalue weighted by molar-refractivity contribution is 0.0727. The topological polar surface area (TPSA) is 77.4 Å². The minimum absolute atomic E-state index is 0.117. The van der Waals surface area contributed by atoms with E-state index in [-0.39, 0.29) is 12.7 Å². The molecule has 0 radical (unpaired) electrons. The molecular weight excluding hydrogens is 416 g/mol. The van der Waals surface area contributed by atoms with E-state index in [2.05, 4.69) is 9.97 Å². The van der Waals surface area contributed by atoms with E-state index in [1.54, 1.807) is 41.7 Å². The Morgan fingerprint density at radius 2 is 1.76 bits per heavy atom. The standard InChI is InChI=1S/C26H22N4O3/c1-18-28-14-22(20-9-11-27-12-10-20)23(29-18)16-30(15-19-5-3-2-4-6-19)26(31)21-7-8-24-25(13-21)33-17-32-24/h2-14H,15-17H2,1H3. The third kappa shape index (κ3) is 4.52. The molecule has 7 nitrogen and oxygen atoms in total. The Kier molecular flexibility index (Phi) is 5.68. The lowest BCUT2D eigenvalue weighted by Crippen LogP contribution is -2.31. The minimum Gasteiger partial charge on any atom is -0.454 e. The van der Waals surface area contributed by atoms with Crippen molar-refractivity contribution in [1.29, 1.82) is 0 Å². The van der Waals surface area contributed by atoms with Crippen LogP contribution in [0.15, 0.2) is 79.3 Å². The summed E-state index contributed by atoms with van der Waals surface area (Å²) in [5.74, 6) is 1.76. The summed E-state index contributed by atoms with van der Waals surface area (Å²) in [5, 5.41) is 0. The Balaban J connectivity index is 1.52. The molecule has 1 aliphatic heterocycles. The van der Waals surface area contributed by atoms with Gasteiger partial charge in [0.1, 0.15) is 5.82 Å². The van der Waals surface area contributed by atoms with Crippen LogP contribution in [0.5, 0.6) is 11.5 Å². The average Bonchev–Trinajstić information content (AvgIpc) is 3.32. The van der Waals surface area contributed by atoms with Crippen LogP contribution >= 0.6 is 0 Å². The third-order valence-electron chi connectivity index (χ3n) is 5.44. The van der Waals surface area contributed by atoms with Gasteiger partial charge >= 0.3 is 0 Å². The molecule has 0 bridgehead atoms. The molecular formula is C26H22N4O3. The molecule has 2 aromatic heterocycles. The van der Waals surface area contributed by atoms with E-state index in [4.69, 9.17) is 14.5 Å². The molecule has 0 atom stereocenters. The van der Waals surface area contributed by atoms with Crippen LogP contribution in [0.4, 0.5) is 0 Å². The number of rotatable bonds is 6. The summed E-state index contributed by atoms with van der Waals surface area (Å²) in [6.07, 6.45) is 5.27. The third-order valence-corrected chi connectivity index (χ3v) is 5.44. The monoisotopic (exact) mass is 438 g/mol. The van der Waals surface area contributed by atoms with Crippen molar-refractivity contribution in [3.63, 3.8) is 0 Å². The molecule has 5 rings (SSSR count). The summed E-state index contributed by atoms with van der Waals surface area (Å²) in [6.45, 7) is 2.77. The Labute approximate surface area is 191 Å². The van der Waals surface area contributed by atoms with Gasteiger partial charge in [-0.05, 0) is 48.4 Å². The van der Waals surface area contributed by atoms with Crippen LogP contribution in [0, 0.1) is 6.92 Å². The van der Waals surface area contributed by atoms with Crippen molar-refractivity contribution in [2.24, 2.45) is 0 Å². The quantitative estimate of drug-likeness (QED) is 0.444. The van der Waals surface area contributed by atoms with Gasteiger partial charge in [0, 0.05) is 36.3 Å². The number of nitrogens with zero attached hydrogens (tertiary/aromatic N) is 4. The molecule has 1 aliphatic rings. The van der Waals surface area contributed by atoms with E-state index in [0.29, 0.717) is 36.0 Å². The van der Waals surface area contributed by atoms with Gasteiger partial charge in [-0.2, -0.15) is 0 Å². The fourth-order valence-electron chi connectivity index (χ4n) is 3.81. The highest BCUT2D eigenvalue weighted by molar-refractivity contribution is 5.95. The summed E-state index contributed by atoms with van der Waals surface area (Å²) in [7, 11) is 0. The molecule has 1 amide bonds. The smallest absolute Gasteiger partial charge is 0.254 e. The van der Waals surface area contributed by atoms with Crippen molar-refractivity contribution in [2.45, 2.75) is 20.0 Å². The van der Waals surface area contributed by atoms with Gasteiger partial charge in [0.25, 0.3) is 5.91 Å². The number of aryl methyl sites for hydroxylation is 1. The zero-order chi connectivity index (χ0) is 22.6. The molecule has 3 heterocycles. The van der Waals surface area contributed by atoms with Crippen LogP contribution in [0.25, 0.3) is 11.1 Å². The SMILES string of the molecule is Cc1ncc(-c2ccncc2)c(CN(Cc2ccccc2)C(=O)c2ccc3c(c2)OCO3)n1. The molecule has 0 spiro atoms. The number of pyridine rings is 1. The first kappa shape index (κ1) is 20.6. The van der Waals surface area contributed by atoms with Crippen LogP contribution in [-0.2, 0) is 13.1 Å². The van der Waals surface area contributed by atoms with Crippen LogP contribution in [0.1, 0.15) is 27.4 Å². The van der Waals surface area contributed by atoms with Gasteiger partial charge in [0.05, 0.1) is 12.2 Å². The molecule has 2 aromatic carbocycles. The zero-order valence-electron chi connectivity index (χ0n) is 18.1. The van der Waals surface area contributed by atoms with Gasteiger partial charge in [-0.1, -0.05) is 30.3 Å². The van der Waals surface area contributed by atoms with Gasteiger partial charge < -0.3 is 14.4 Å². The second-order valence-corrected chi connectivity index (χ2v) is 7.73. The number of hydrogen-bond donors (Lipinski definition) is 0. The number of carbonyl (C=O) groups excluding carboxylic acids is 1. The zero-order valence-corrected chi connectivity index (χ0v) is 18.1. The van der Waals surface area contributed by atoms with Gasteiger partial charge in [-0.25, -0.2) is 9.97 Å². The van der Waals surface area contributed by atoms with Crippen molar-refractivity contribution in [3.05, 3.63) is 102 Å². The lowest BCUT2D eigenvalue weighted by Gasteiger charge is -2.24. The van der Waals surface area contributed by atoms with E-state index < -0.39 is 0 Å². The summed E-state index contributed by atoms with van der Waals surface area (Å²) in [6, 6.07) is 19.0. The van der Waals surface area contributed by atoms with Gasteiger partial charge in [-0.15, -0.1) is 0 Å². The Bertz CT molecular complexity index is 1280. The predicted octanol–water partition coefficient (Wildman–Crippen LogP) is 4.42. The molecule has 0 fully saturated rings. The predicted molar refractivity (Wildman–Crippen MR) is 123 cm³/mol. The van der Waals surface area contributed by atoms with Gasteiger partial charge in [-0.3, -0.25) is 9.78 Å². The summed E-state index contributed by atoms with van der Waals surface area (Å²) < 4.78 is 10.9. The van der Waals surface area contributed by atoms with Crippen LogP contribution < -0.4 is 9.47 Å². The highest BCUT2D eigenvalue weighted by Gasteiger charge is 2.22. The maximum atomic E-state index is 13.7. The van der Waals surface area contributed by atoms with E-state index in [0.717, 1.165) is 22.4 Å². The van der Waals surface area contributed by atoms with Crippen molar-refractivity contribution < 1.29 is 14.3 Å². The van der Waals surface area contributed by atoms with Crippen LogP contribution in [0.3, 0.4) is 0 Å². The highest BCUT2D eigenvalue weighted by atomic mass is 16.7. The molecule has 0 saturated carbocycles. The second-order valence-electron chi connectivity index (χ2n) is 7.73. The second kappa shape index (κ2) is 9.08. The first-order chi connectivity index (χ1) is 16.2. The van der Waals surface area contributed by atoms with Gasteiger partial charge in [0.2, 0.25) is 6.79 Å². The maximum Gasteiger partial charge on any atom is 0.254 e. The summed E-state index contributed by atoms with van der Waals surface area (Å²) >= 11 is 0. The van der Waals surface area contributed by atoms with E-state index in [1.165, 1.54) is 0 Å². The Morgan fingerprint density at radius 3 is 2.58 bits per heavy atom. The number of benzene rings is 2. The van der Waals surface area contributed by atoms with E-state index in [9.17, 15) is 4.79 Å². The molecule has 0 aliphatic carbocycles. The number of fused-ring (bicyclic) bond motifs is 1. The number of carbonyl (C=O) groups is 1. The molecule has 4 aromatic rings. The number of ether oxygens (including phenoxy) is 2. The molecule has 33 heavy (non-hydrogen) atoms. The fourth-order valence-corrected chi connectivity index (χ4v) is 3.81. The minimum atomic E-state index is -0.117. The van der Waals surface area contributed by atoms with Gasteiger partial charge in [0.15, 0.2) is 11.5 Å². The summed E-state index contributed by atoms with van der Waals surface area (Å²) in [4.78, 5) is 28.6. The molecule has 164 valence electrons. The normalized spacial score (nSPS) is 11.9. The lowest BCUT2D eigenvalue weighted by atomic mass is 10.1. The first-order valence-corrected chi connectivity index (χ1v) is 10.6. The number of aromatic nitrogens is 3. The van der Waals surface area contributed by atoms with E-state index in [1.807, 2.05) is 49.4 Å².